The van der Waals surface area contributed by atoms with E-state index in [2.05, 4.69) is 0 Å². The predicted octanol–water partition coefficient (Wildman–Crippen LogP) is 3.35. The van der Waals surface area contributed by atoms with Crippen LogP contribution in [-0.2, 0) is 6.61 Å². The van der Waals surface area contributed by atoms with Gasteiger partial charge in [0.1, 0.15) is 23.2 Å². The van der Waals surface area contributed by atoms with E-state index in [0.29, 0.717) is 11.1 Å². The van der Waals surface area contributed by atoms with Crippen molar-refractivity contribution in [1.29, 1.82) is 0 Å². The maximum Gasteiger partial charge on any atom is 0.124 e. The van der Waals surface area contributed by atoms with Gasteiger partial charge in [0.15, 0.2) is 0 Å². The summed E-state index contributed by atoms with van der Waals surface area (Å²) in [6.07, 6.45) is 0. The van der Waals surface area contributed by atoms with Crippen LogP contribution in [0.1, 0.15) is 16.7 Å². The summed E-state index contributed by atoms with van der Waals surface area (Å²) in [6.45, 7) is 2.24. The molecule has 2 rings (SSSR count). The molecule has 2 aromatic rings. The Labute approximate surface area is 117 Å². The van der Waals surface area contributed by atoms with E-state index in [1.807, 2.05) is 31.2 Å². The number of rotatable bonds is 4. The lowest BCUT2D eigenvalue weighted by molar-refractivity contribution is 0.303. The molecule has 0 atom stereocenters. The number of benzene rings is 2. The van der Waals surface area contributed by atoms with Gasteiger partial charge in [0, 0.05) is 5.56 Å². The SMILES string of the molecule is Cc1ccccc1OCc1cc(F)cc(C(N)=S)c1. The van der Waals surface area contributed by atoms with Crippen molar-refractivity contribution < 1.29 is 9.13 Å². The van der Waals surface area contributed by atoms with Gasteiger partial charge in [-0.1, -0.05) is 30.4 Å². The predicted molar refractivity (Wildman–Crippen MR) is 77.8 cm³/mol. The molecule has 98 valence electrons. The molecule has 0 radical (unpaired) electrons. The third-order valence-electron chi connectivity index (χ3n) is 2.73. The summed E-state index contributed by atoms with van der Waals surface area (Å²) < 4.78 is 19.1. The van der Waals surface area contributed by atoms with Crippen molar-refractivity contribution in [1.82, 2.24) is 0 Å². The van der Waals surface area contributed by atoms with E-state index in [4.69, 9.17) is 22.7 Å². The minimum absolute atomic E-state index is 0.177. The van der Waals surface area contributed by atoms with E-state index in [-0.39, 0.29) is 17.4 Å². The molecule has 0 saturated carbocycles. The molecule has 0 aliphatic carbocycles. The molecule has 2 N–H and O–H groups in total. The van der Waals surface area contributed by atoms with Crippen molar-refractivity contribution in [3.05, 3.63) is 65.0 Å². The van der Waals surface area contributed by atoms with Gasteiger partial charge >= 0.3 is 0 Å². The summed E-state index contributed by atoms with van der Waals surface area (Å²) in [6, 6.07) is 12.2. The third-order valence-corrected chi connectivity index (χ3v) is 2.97. The van der Waals surface area contributed by atoms with Crippen LogP contribution in [0.3, 0.4) is 0 Å². The number of hydrogen-bond acceptors (Lipinski definition) is 2. The van der Waals surface area contributed by atoms with E-state index in [1.165, 1.54) is 12.1 Å². The highest BCUT2D eigenvalue weighted by Crippen LogP contribution is 2.18. The first-order chi connectivity index (χ1) is 9.06. The zero-order valence-electron chi connectivity index (χ0n) is 10.5. The van der Waals surface area contributed by atoms with Gasteiger partial charge < -0.3 is 10.5 Å². The summed E-state index contributed by atoms with van der Waals surface area (Å²) in [4.78, 5) is 0.177. The second kappa shape index (κ2) is 5.80. The molecule has 0 aliphatic heterocycles. The van der Waals surface area contributed by atoms with E-state index < -0.39 is 0 Å². The van der Waals surface area contributed by atoms with Crippen molar-refractivity contribution >= 4 is 17.2 Å². The molecular weight excluding hydrogens is 261 g/mol. The van der Waals surface area contributed by atoms with Crippen molar-refractivity contribution in [3.8, 4) is 5.75 Å². The fourth-order valence-corrected chi connectivity index (χ4v) is 1.87. The number of para-hydroxylation sites is 1. The Hall–Kier alpha value is -1.94. The average molecular weight is 275 g/mol. The molecule has 0 unspecified atom stereocenters. The normalized spacial score (nSPS) is 10.2. The lowest BCUT2D eigenvalue weighted by Crippen LogP contribution is -2.10. The maximum atomic E-state index is 13.4. The highest BCUT2D eigenvalue weighted by molar-refractivity contribution is 7.80. The molecule has 2 aromatic carbocycles. The zero-order chi connectivity index (χ0) is 13.8. The molecule has 0 spiro atoms. The Morgan fingerprint density at radius 3 is 2.68 bits per heavy atom. The van der Waals surface area contributed by atoms with Gasteiger partial charge in [-0.05, 0) is 42.3 Å². The van der Waals surface area contributed by atoms with Crippen LogP contribution in [0.25, 0.3) is 0 Å². The van der Waals surface area contributed by atoms with Crippen LogP contribution in [0.4, 0.5) is 4.39 Å². The Morgan fingerprint density at radius 1 is 1.26 bits per heavy atom. The first kappa shape index (κ1) is 13.5. The fraction of sp³-hybridized carbons (Fsp3) is 0.133. The Bertz CT molecular complexity index is 613. The molecule has 19 heavy (non-hydrogen) atoms. The monoisotopic (exact) mass is 275 g/mol. The van der Waals surface area contributed by atoms with Crippen LogP contribution in [-0.4, -0.2) is 4.99 Å². The maximum absolute atomic E-state index is 13.4. The van der Waals surface area contributed by atoms with Crippen molar-refractivity contribution in [2.45, 2.75) is 13.5 Å². The van der Waals surface area contributed by atoms with Crippen LogP contribution in [0, 0.1) is 12.7 Å². The van der Waals surface area contributed by atoms with Gasteiger partial charge in [-0.15, -0.1) is 0 Å². The highest BCUT2D eigenvalue weighted by atomic mass is 32.1. The number of ether oxygens (including phenoxy) is 1. The molecule has 0 heterocycles. The Balaban J connectivity index is 2.16. The van der Waals surface area contributed by atoms with Crippen LogP contribution >= 0.6 is 12.2 Å². The summed E-state index contributed by atoms with van der Waals surface area (Å²) in [5.41, 5.74) is 7.75. The molecular formula is C15H14FNOS. The second-order valence-corrected chi connectivity index (χ2v) is 4.71. The molecule has 0 saturated heterocycles. The molecule has 2 nitrogen and oxygen atoms in total. The zero-order valence-corrected chi connectivity index (χ0v) is 11.3. The van der Waals surface area contributed by atoms with Crippen LogP contribution in [0.15, 0.2) is 42.5 Å². The van der Waals surface area contributed by atoms with Crippen LogP contribution in [0.5, 0.6) is 5.75 Å². The van der Waals surface area contributed by atoms with Crippen molar-refractivity contribution in [3.63, 3.8) is 0 Å². The number of halogens is 1. The highest BCUT2D eigenvalue weighted by Gasteiger charge is 2.05. The Morgan fingerprint density at radius 2 is 2.00 bits per heavy atom. The van der Waals surface area contributed by atoms with Crippen LogP contribution in [0.2, 0.25) is 0 Å². The van der Waals surface area contributed by atoms with Gasteiger partial charge in [-0.3, -0.25) is 0 Å². The van der Waals surface area contributed by atoms with Gasteiger partial charge in [0.2, 0.25) is 0 Å². The van der Waals surface area contributed by atoms with E-state index in [0.717, 1.165) is 11.3 Å². The van der Waals surface area contributed by atoms with Crippen LogP contribution < -0.4 is 10.5 Å². The molecule has 0 bridgehead atoms. The quantitative estimate of drug-likeness (QED) is 0.869. The van der Waals surface area contributed by atoms with E-state index >= 15 is 0 Å². The standard InChI is InChI=1S/C15H14FNOS/c1-10-4-2-3-5-14(10)18-9-11-6-12(15(17)19)8-13(16)7-11/h2-8H,9H2,1H3,(H2,17,19). The lowest BCUT2D eigenvalue weighted by Gasteiger charge is -2.10. The topological polar surface area (TPSA) is 35.2 Å². The van der Waals surface area contributed by atoms with Gasteiger partial charge in [0.05, 0.1) is 0 Å². The summed E-state index contributed by atoms with van der Waals surface area (Å²) in [5, 5.41) is 0. The second-order valence-electron chi connectivity index (χ2n) is 4.27. The molecule has 4 heteroatoms. The number of hydrogen-bond donors (Lipinski definition) is 1. The van der Waals surface area contributed by atoms with Gasteiger partial charge in [-0.25, -0.2) is 4.39 Å². The summed E-state index contributed by atoms with van der Waals surface area (Å²) >= 11 is 4.85. The van der Waals surface area contributed by atoms with Gasteiger partial charge in [0.25, 0.3) is 0 Å². The minimum Gasteiger partial charge on any atom is -0.489 e. The molecule has 0 amide bonds. The lowest BCUT2D eigenvalue weighted by atomic mass is 10.1. The first-order valence-corrected chi connectivity index (χ1v) is 6.25. The molecule has 0 aliphatic rings. The number of aryl methyl sites for hydroxylation is 1. The number of nitrogens with two attached hydrogens (primary N) is 1. The van der Waals surface area contributed by atoms with E-state index in [9.17, 15) is 4.39 Å². The average Bonchev–Trinajstić information content (AvgIpc) is 2.37. The molecule has 0 fully saturated rings. The smallest absolute Gasteiger partial charge is 0.124 e. The fourth-order valence-electron chi connectivity index (χ4n) is 1.76. The van der Waals surface area contributed by atoms with Crippen molar-refractivity contribution in [2.75, 3.05) is 0 Å². The van der Waals surface area contributed by atoms with Crippen molar-refractivity contribution in [2.24, 2.45) is 5.73 Å². The third kappa shape index (κ3) is 3.51. The Kier molecular flexibility index (Phi) is 4.12. The molecule has 0 aromatic heterocycles. The number of thiocarbonyl (C=S) groups is 1. The largest absolute Gasteiger partial charge is 0.489 e. The van der Waals surface area contributed by atoms with E-state index in [1.54, 1.807) is 6.07 Å². The first-order valence-electron chi connectivity index (χ1n) is 5.84. The summed E-state index contributed by atoms with van der Waals surface area (Å²) in [5.74, 6) is 0.414. The van der Waals surface area contributed by atoms with Gasteiger partial charge in [-0.2, -0.15) is 0 Å². The minimum atomic E-state index is -0.367. The summed E-state index contributed by atoms with van der Waals surface area (Å²) in [7, 11) is 0.